The minimum atomic E-state index is -0.331. The zero-order chi connectivity index (χ0) is 10.1. The summed E-state index contributed by atoms with van der Waals surface area (Å²) >= 11 is 5.75. The first-order chi connectivity index (χ1) is 5.90. The van der Waals surface area contributed by atoms with E-state index in [-0.39, 0.29) is 11.3 Å². The molecule has 1 aromatic rings. The zero-order valence-electron chi connectivity index (χ0n) is 7.84. The van der Waals surface area contributed by atoms with E-state index in [1.807, 2.05) is 26.0 Å². The van der Waals surface area contributed by atoms with Crippen LogP contribution in [0, 0.1) is 0 Å². The van der Waals surface area contributed by atoms with Crippen molar-refractivity contribution in [1.29, 1.82) is 0 Å². The van der Waals surface area contributed by atoms with E-state index >= 15 is 0 Å². The number of aromatic hydroxyl groups is 1. The van der Waals surface area contributed by atoms with E-state index in [4.69, 9.17) is 17.3 Å². The average molecular weight is 200 g/mol. The average Bonchev–Trinajstić information content (AvgIpc) is 1.96. The lowest BCUT2D eigenvalue weighted by atomic mass is 9.96. The van der Waals surface area contributed by atoms with Crippen LogP contribution < -0.4 is 5.73 Å². The molecule has 0 aromatic heterocycles. The normalized spacial score (nSPS) is 11.7. The molecule has 1 aromatic carbocycles. The summed E-state index contributed by atoms with van der Waals surface area (Å²) in [6.07, 6.45) is 0.611. The van der Waals surface area contributed by atoms with Crippen molar-refractivity contribution < 1.29 is 5.11 Å². The molecule has 1 rings (SSSR count). The summed E-state index contributed by atoms with van der Waals surface area (Å²) in [5, 5.41) is 9.95. The summed E-state index contributed by atoms with van der Waals surface area (Å²) in [6, 6.07) is 5.29. The van der Waals surface area contributed by atoms with Crippen LogP contribution in [0.15, 0.2) is 18.2 Å². The summed E-state index contributed by atoms with van der Waals surface area (Å²) in [4.78, 5) is 0. The van der Waals surface area contributed by atoms with Crippen LogP contribution in [0.2, 0.25) is 5.02 Å². The topological polar surface area (TPSA) is 46.2 Å². The number of nitrogens with two attached hydrogens (primary N) is 1. The molecule has 0 aliphatic carbocycles. The maximum absolute atomic E-state index is 9.57. The Morgan fingerprint density at radius 1 is 1.46 bits per heavy atom. The summed E-state index contributed by atoms with van der Waals surface area (Å²) in [5.74, 6) is 0.141. The molecule has 0 fully saturated rings. The van der Waals surface area contributed by atoms with E-state index in [1.165, 1.54) is 0 Å². The van der Waals surface area contributed by atoms with Crippen molar-refractivity contribution in [3.05, 3.63) is 28.8 Å². The number of phenols is 1. The smallest absolute Gasteiger partial charge is 0.137 e. The van der Waals surface area contributed by atoms with Crippen LogP contribution in [-0.2, 0) is 6.42 Å². The molecule has 3 N–H and O–H groups in total. The number of phenolic OH excluding ortho intramolecular Hbond substituents is 1. The lowest BCUT2D eigenvalue weighted by molar-refractivity contribution is 0.450. The van der Waals surface area contributed by atoms with Gasteiger partial charge in [0.2, 0.25) is 0 Å². The number of hydrogen-bond donors (Lipinski definition) is 2. The van der Waals surface area contributed by atoms with Crippen LogP contribution >= 0.6 is 11.6 Å². The van der Waals surface area contributed by atoms with E-state index in [0.29, 0.717) is 11.4 Å². The number of para-hydroxylation sites is 1. The summed E-state index contributed by atoms with van der Waals surface area (Å²) in [7, 11) is 0. The maximum atomic E-state index is 9.57. The molecule has 3 heteroatoms. The van der Waals surface area contributed by atoms with Gasteiger partial charge in [-0.15, -0.1) is 0 Å². The first kappa shape index (κ1) is 10.4. The molecule has 0 radical (unpaired) electrons. The van der Waals surface area contributed by atoms with Crippen molar-refractivity contribution in [2.75, 3.05) is 0 Å². The molecule has 0 unspecified atom stereocenters. The molecular weight excluding hydrogens is 186 g/mol. The third-order valence-corrected chi connectivity index (χ3v) is 2.02. The first-order valence-corrected chi connectivity index (χ1v) is 4.53. The molecule has 0 saturated carbocycles. The van der Waals surface area contributed by atoms with Gasteiger partial charge in [-0.1, -0.05) is 23.7 Å². The van der Waals surface area contributed by atoms with Crippen molar-refractivity contribution in [2.45, 2.75) is 25.8 Å². The standard InChI is InChI=1S/C10H14ClNO/c1-10(2,12)6-7-4-3-5-8(11)9(7)13/h3-5,13H,6,12H2,1-2H3. The summed E-state index contributed by atoms with van der Waals surface area (Å²) < 4.78 is 0. The van der Waals surface area contributed by atoms with Crippen LogP contribution in [0.25, 0.3) is 0 Å². The van der Waals surface area contributed by atoms with Crippen molar-refractivity contribution in [2.24, 2.45) is 5.73 Å². The van der Waals surface area contributed by atoms with Gasteiger partial charge < -0.3 is 10.8 Å². The molecule has 0 atom stereocenters. The number of benzene rings is 1. The molecule has 0 saturated heterocycles. The van der Waals surface area contributed by atoms with E-state index in [1.54, 1.807) is 6.07 Å². The van der Waals surface area contributed by atoms with Crippen LogP contribution in [0.3, 0.4) is 0 Å². The number of halogens is 1. The second kappa shape index (κ2) is 3.56. The second-order valence-electron chi connectivity index (χ2n) is 3.91. The first-order valence-electron chi connectivity index (χ1n) is 4.15. The SMILES string of the molecule is CC(C)(N)Cc1cccc(Cl)c1O. The van der Waals surface area contributed by atoms with Crippen molar-refractivity contribution in [3.8, 4) is 5.75 Å². The van der Waals surface area contributed by atoms with Crippen molar-refractivity contribution >= 4 is 11.6 Å². The third-order valence-electron chi connectivity index (χ3n) is 1.72. The van der Waals surface area contributed by atoms with E-state index in [0.717, 1.165) is 5.56 Å². The van der Waals surface area contributed by atoms with Gasteiger partial charge in [-0.3, -0.25) is 0 Å². The van der Waals surface area contributed by atoms with Crippen molar-refractivity contribution in [1.82, 2.24) is 0 Å². The molecule has 2 nitrogen and oxygen atoms in total. The zero-order valence-corrected chi connectivity index (χ0v) is 8.60. The highest BCUT2D eigenvalue weighted by molar-refractivity contribution is 6.32. The molecule has 0 bridgehead atoms. The Morgan fingerprint density at radius 3 is 2.62 bits per heavy atom. The van der Waals surface area contributed by atoms with Gasteiger partial charge >= 0.3 is 0 Å². The van der Waals surface area contributed by atoms with Gasteiger partial charge in [0.15, 0.2) is 0 Å². The summed E-state index contributed by atoms with van der Waals surface area (Å²) in [6.45, 7) is 3.82. The second-order valence-corrected chi connectivity index (χ2v) is 4.32. The molecule has 13 heavy (non-hydrogen) atoms. The lowest BCUT2D eigenvalue weighted by Crippen LogP contribution is -2.34. The van der Waals surface area contributed by atoms with Gasteiger partial charge in [-0.25, -0.2) is 0 Å². The molecule has 0 heterocycles. The predicted octanol–water partition coefficient (Wildman–Crippen LogP) is 2.33. The quantitative estimate of drug-likeness (QED) is 0.768. The molecule has 0 amide bonds. The third kappa shape index (κ3) is 2.90. The molecule has 0 spiro atoms. The predicted molar refractivity (Wildman–Crippen MR) is 55.1 cm³/mol. The minimum absolute atomic E-state index is 0.141. The number of hydrogen-bond acceptors (Lipinski definition) is 2. The largest absolute Gasteiger partial charge is 0.506 e. The van der Waals surface area contributed by atoms with Gasteiger partial charge in [0.25, 0.3) is 0 Å². The molecule has 72 valence electrons. The van der Waals surface area contributed by atoms with Gasteiger partial charge in [0, 0.05) is 5.54 Å². The van der Waals surface area contributed by atoms with Crippen LogP contribution in [0.4, 0.5) is 0 Å². The Balaban J connectivity index is 2.96. The Bertz CT molecular complexity index is 304. The minimum Gasteiger partial charge on any atom is -0.506 e. The van der Waals surface area contributed by atoms with Gasteiger partial charge in [0.05, 0.1) is 5.02 Å². The van der Waals surface area contributed by atoms with Crippen LogP contribution in [0.5, 0.6) is 5.75 Å². The Labute approximate surface area is 83.3 Å². The fourth-order valence-corrected chi connectivity index (χ4v) is 1.39. The van der Waals surface area contributed by atoms with E-state index in [9.17, 15) is 5.11 Å². The highest BCUT2D eigenvalue weighted by Crippen LogP contribution is 2.28. The monoisotopic (exact) mass is 199 g/mol. The molecular formula is C10H14ClNO. The van der Waals surface area contributed by atoms with Gasteiger partial charge in [-0.05, 0) is 31.9 Å². The van der Waals surface area contributed by atoms with E-state index < -0.39 is 0 Å². The fraction of sp³-hybridized carbons (Fsp3) is 0.400. The highest BCUT2D eigenvalue weighted by atomic mass is 35.5. The maximum Gasteiger partial charge on any atom is 0.137 e. The highest BCUT2D eigenvalue weighted by Gasteiger charge is 2.15. The molecule has 0 aliphatic rings. The van der Waals surface area contributed by atoms with Crippen LogP contribution in [-0.4, -0.2) is 10.6 Å². The number of rotatable bonds is 2. The van der Waals surface area contributed by atoms with Gasteiger partial charge in [-0.2, -0.15) is 0 Å². The van der Waals surface area contributed by atoms with Crippen LogP contribution in [0.1, 0.15) is 19.4 Å². The van der Waals surface area contributed by atoms with E-state index in [2.05, 4.69) is 0 Å². The van der Waals surface area contributed by atoms with Crippen molar-refractivity contribution in [3.63, 3.8) is 0 Å². The Morgan fingerprint density at radius 2 is 2.08 bits per heavy atom. The fourth-order valence-electron chi connectivity index (χ4n) is 1.19. The lowest BCUT2D eigenvalue weighted by Gasteiger charge is -2.19. The molecule has 0 aliphatic heterocycles. The Kier molecular flexibility index (Phi) is 2.84. The van der Waals surface area contributed by atoms with Gasteiger partial charge in [0.1, 0.15) is 5.75 Å². The Hall–Kier alpha value is -0.730. The summed E-state index contributed by atoms with van der Waals surface area (Å²) in [5.41, 5.74) is 6.29.